The molecule has 0 saturated carbocycles. The van der Waals surface area contributed by atoms with Gasteiger partial charge in [-0.1, -0.05) is 36.4 Å². The van der Waals surface area contributed by atoms with Gasteiger partial charge >= 0.3 is 0 Å². The molecule has 0 aliphatic rings. The molecular weight excluding hydrogens is 299 g/mol. The zero-order chi connectivity index (χ0) is 13.1. The van der Waals surface area contributed by atoms with Gasteiger partial charge in [-0.2, -0.15) is 9.98 Å². The number of nitrogens with zero attached hydrogens (tertiary/aromatic N) is 2. The van der Waals surface area contributed by atoms with E-state index in [0.717, 1.165) is 0 Å². The van der Waals surface area contributed by atoms with Crippen molar-refractivity contribution in [3.05, 3.63) is 60.7 Å². The Morgan fingerprint density at radius 1 is 0.600 bits per heavy atom. The Morgan fingerprint density at radius 3 is 1.15 bits per heavy atom. The third-order valence-electron chi connectivity index (χ3n) is 1.86. The van der Waals surface area contributed by atoms with Gasteiger partial charge in [-0.05, 0) is 24.3 Å². The van der Waals surface area contributed by atoms with Gasteiger partial charge in [-0.3, -0.25) is 0 Å². The molecule has 0 radical (unpaired) electrons. The summed E-state index contributed by atoms with van der Waals surface area (Å²) in [7, 11) is 0. The summed E-state index contributed by atoms with van der Waals surface area (Å²) in [6.07, 6.45) is 2.92. The molecule has 0 amide bonds. The molecular formula is C14H12Cl2N2O2. The molecule has 0 fully saturated rings. The standard InChI is InChI=1S/2C7H5NO.2ClH/c2*9-6-8-7-4-2-1-3-5-7;;/h2*1-5H;2*1H. The highest BCUT2D eigenvalue weighted by Crippen LogP contribution is 2.07. The van der Waals surface area contributed by atoms with Gasteiger partial charge in [0.25, 0.3) is 0 Å². The molecule has 0 heterocycles. The van der Waals surface area contributed by atoms with Crippen molar-refractivity contribution >= 4 is 48.3 Å². The van der Waals surface area contributed by atoms with Crippen LogP contribution in [0.5, 0.6) is 0 Å². The molecule has 20 heavy (non-hydrogen) atoms. The minimum Gasteiger partial charge on any atom is -0.211 e. The van der Waals surface area contributed by atoms with Crippen LogP contribution in [0, 0.1) is 0 Å². The predicted molar refractivity (Wildman–Crippen MR) is 82.9 cm³/mol. The van der Waals surface area contributed by atoms with Crippen LogP contribution in [0.2, 0.25) is 0 Å². The van der Waals surface area contributed by atoms with Gasteiger partial charge in [0, 0.05) is 0 Å². The lowest BCUT2D eigenvalue weighted by molar-refractivity contribution is 0.564. The van der Waals surface area contributed by atoms with Crippen LogP contribution in [0.4, 0.5) is 11.4 Å². The fourth-order valence-electron chi connectivity index (χ4n) is 1.11. The van der Waals surface area contributed by atoms with Crippen molar-refractivity contribution in [2.75, 3.05) is 0 Å². The number of benzene rings is 2. The van der Waals surface area contributed by atoms with Crippen molar-refractivity contribution in [1.29, 1.82) is 0 Å². The Balaban J connectivity index is 0. The quantitative estimate of drug-likeness (QED) is 0.618. The first-order valence-electron chi connectivity index (χ1n) is 5.12. The average molecular weight is 311 g/mol. The molecule has 0 aliphatic heterocycles. The number of aliphatic imine (C=N–C) groups is 2. The number of halogens is 2. The predicted octanol–water partition coefficient (Wildman–Crippen LogP) is 4.15. The van der Waals surface area contributed by atoms with Crippen molar-refractivity contribution in [3.63, 3.8) is 0 Å². The molecule has 0 N–H and O–H groups in total. The fraction of sp³-hybridized carbons (Fsp3) is 0. The van der Waals surface area contributed by atoms with E-state index < -0.39 is 0 Å². The van der Waals surface area contributed by atoms with Crippen LogP contribution in [0.1, 0.15) is 0 Å². The molecule has 6 heteroatoms. The Labute approximate surface area is 129 Å². The Bertz CT molecular complexity index is 511. The summed E-state index contributed by atoms with van der Waals surface area (Å²) in [5.74, 6) is 0. The van der Waals surface area contributed by atoms with Crippen LogP contribution < -0.4 is 0 Å². The SMILES string of the molecule is Cl.Cl.O=C=Nc1ccccc1.O=C=Nc1ccccc1. The number of isocyanates is 2. The summed E-state index contributed by atoms with van der Waals surface area (Å²) in [4.78, 5) is 26.2. The maximum Gasteiger partial charge on any atom is 0.240 e. The molecule has 0 aromatic heterocycles. The molecule has 104 valence electrons. The van der Waals surface area contributed by atoms with E-state index in [9.17, 15) is 9.59 Å². The van der Waals surface area contributed by atoms with E-state index in [0.29, 0.717) is 11.4 Å². The third-order valence-corrected chi connectivity index (χ3v) is 1.86. The van der Waals surface area contributed by atoms with Gasteiger partial charge in [0.15, 0.2) is 0 Å². The van der Waals surface area contributed by atoms with Crippen molar-refractivity contribution in [1.82, 2.24) is 0 Å². The largest absolute Gasteiger partial charge is 0.240 e. The monoisotopic (exact) mass is 310 g/mol. The first-order valence-corrected chi connectivity index (χ1v) is 5.12. The first-order chi connectivity index (χ1) is 8.86. The molecule has 2 rings (SSSR count). The summed E-state index contributed by atoms with van der Waals surface area (Å²) >= 11 is 0. The lowest BCUT2D eigenvalue weighted by atomic mass is 10.3. The van der Waals surface area contributed by atoms with Gasteiger partial charge in [0.05, 0.1) is 11.4 Å². The minimum absolute atomic E-state index is 0. The van der Waals surface area contributed by atoms with Gasteiger partial charge in [-0.25, -0.2) is 9.59 Å². The van der Waals surface area contributed by atoms with Crippen molar-refractivity contribution in [3.8, 4) is 0 Å². The molecule has 0 saturated heterocycles. The van der Waals surface area contributed by atoms with Crippen LogP contribution in [0.25, 0.3) is 0 Å². The highest BCUT2D eigenvalue weighted by molar-refractivity contribution is 5.85. The maximum absolute atomic E-state index is 9.68. The first kappa shape index (κ1) is 20.1. The molecule has 0 aliphatic carbocycles. The molecule has 2 aromatic rings. The Morgan fingerprint density at radius 2 is 0.900 bits per heavy atom. The highest BCUT2D eigenvalue weighted by Gasteiger charge is 1.80. The lowest BCUT2D eigenvalue weighted by Gasteiger charge is -1.83. The smallest absolute Gasteiger partial charge is 0.211 e. The van der Waals surface area contributed by atoms with Gasteiger partial charge < -0.3 is 0 Å². The number of hydrogen-bond donors (Lipinski definition) is 0. The average Bonchev–Trinajstić information content (AvgIpc) is 2.43. The van der Waals surface area contributed by atoms with Gasteiger partial charge in [0.1, 0.15) is 0 Å². The molecule has 2 aromatic carbocycles. The highest BCUT2D eigenvalue weighted by atomic mass is 35.5. The molecule has 0 spiro atoms. The van der Waals surface area contributed by atoms with E-state index in [4.69, 9.17) is 0 Å². The zero-order valence-corrected chi connectivity index (χ0v) is 11.9. The zero-order valence-electron chi connectivity index (χ0n) is 10.3. The van der Waals surface area contributed by atoms with Crippen molar-refractivity contribution < 1.29 is 9.59 Å². The topological polar surface area (TPSA) is 58.9 Å². The van der Waals surface area contributed by atoms with E-state index in [-0.39, 0.29) is 24.8 Å². The summed E-state index contributed by atoms with van der Waals surface area (Å²) in [5, 5.41) is 0. The van der Waals surface area contributed by atoms with E-state index >= 15 is 0 Å². The summed E-state index contributed by atoms with van der Waals surface area (Å²) in [5.41, 5.74) is 1.29. The van der Waals surface area contributed by atoms with E-state index in [1.807, 2.05) is 36.4 Å². The van der Waals surface area contributed by atoms with E-state index in [2.05, 4.69) is 9.98 Å². The normalized spacial score (nSPS) is 7.20. The Hall–Kier alpha value is -2.22. The van der Waals surface area contributed by atoms with Crippen LogP contribution in [0.15, 0.2) is 70.6 Å². The molecule has 0 unspecified atom stereocenters. The second-order valence-electron chi connectivity index (χ2n) is 3.08. The maximum atomic E-state index is 9.68. The van der Waals surface area contributed by atoms with E-state index in [1.54, 1.807) is 24.3 Å². The van der Waals surface area contributed by atoms with Crippen molar-refractivity contribution in [2.24, 2.45) is 9.98 Å². The van der Waals surface area contributed by atoms with Crippen LogP contribution in [0.3, 0.4) is 0 Å². The second kappa shape index (κ2) is 13.2. The molecule has 4 nitrogen and oxygen atoms in total. The Kier molecular flexibility index (Phi) is 13.3. The third kappa shape index (κ3) is 8.81. The number of carbonyl (C=O) groups excluding carboxylic acids is 2. The van der Waals surface area contributed by atoms with Crippen LogP contribution >= 0.6 is 24.8 Å². The van der Waals surface area contributed by atoms with Crippen LogP contribution in [-0.2, 0) is 9.59 Å². The summed E-state index contributed by atoms with van der Waals surface area (Å²) < 4.78 is 0. The molecule has 0 atom stereocenters. The van der Waals surface area contributed by atoms with Gasteiger partial charge in [-0.15, -0.1) is 24.8 Å². The number of hydrogen-bond acceptors (Lipinski definition) is 4. The minimum atomic E-state index is 0. The lowest BCUT2D eigenvalue weighted by Crippen LogP contribution is -1.59. The number of rotatable bonds is 2. The summed E-state index contributed by atoms with van der Waals surface area (Å²) in [6, 6.07) is 18.0. The van der Waals surface area contributed by atoms with Crippen molar-refractivity contribution in [2.45, 2.75) is 0 Å². The molecule has 0 bridgehead atoms. The van der Waals surface area contributed by atoms with Gasteiger partial charge in [0.2, 0.25) is 12.2 Å². The van der Waals surface area contributed by atoms with Crippen LogP contribution in [-0.4, -0.2) is 12.2 Å². The fourth-order valence-corrected chi connectivity index (χ4v) is 1.11. The summed E-state index contributed by atoms with van der Waals surface area (Å²) in [6.45, 7) is 0. The second-order valence-corrected chi connectivity index (χ2v) is 3.08. The number of para-hydroxylation sites is 2. The van der Waals surface area contributed by atoms with E-state index in [1.165, 1.54) is 12.2 Å².